The molecule has 37 heavy (non-hydrogen) atoms. The Morgan fingerprint density at radius 2 is 1.81 bits per heavy atom. The minimum Gasteiger partial charge on any atom is -0.345 e. The molecule has 3 aromatic carbocycles. The van der Waals surface area contributed by atoms with Crippen LogP contribution in [0.5, 0.6) is 0 Å². The first-order valence-electron chi connectivity index (χ1n) is 11.7. The maximum absolute atomic E-state index is 13.7. The number of hydrogen-bond donors (Lipinski definition) is 1. The highest BCUT2D eigenvalue weighted by Gasteiger charge is 2.41. The van der Waals surface area contributed by atoms with E-state index in [0.29, 0.717) is 27.2 Å². The maximum Gasteiger partial charge on any atom is 0.265 e. The van der Waals surface area contributed by atoms with Gasteiger partial charge in [0, 0.05) is 15.7 Å². The predicted octanol–water partition coefficient (Wildman–Crippen LogP) is 6.91. The number of aryl methyl sites for hydroxylation is 2. The van der Waals surface area contributed by atoms with Gasteiger partial charge in [-0.25, -0.2) is 0 Å². The van der Waals surface area contributed by atoms with Gasteiger partial charge in [-0.3, -0.25) is 14.5 Å². The molecule has 0 radical (unpaired) electrons. The lowest BCUT2D eigenvalue weighted by Crippen LogP contribution is -2.33. The van der Waals surface area contributed by atoms with Gasteiger partial charge in [-0.05, 0) is 73.7 Å². The van der Waals surface area contributed by atoms with Crippen LogP contribution in [0.15, 0.2) is 77.3 Å². The standard InChI is InChI=1S/C29H25Cl2N3O2S/c1-17-9-12-23(13-18(17)2)34-28(36)26(14-21-10-11-22(30)15-25(21)31)37-29(34)24(16-32)27(35)33-19(3)20-7-5-4-6-8-20/h4-13,15,19,26H,14H2,1-3H3,(H,33,35)/b29-24-. The smallest absolute Gasteiger partial charge is 0.265 e. The van der Waals surface area contributed by atoms with Crippen LogP contribution in [0.3, 0.4) is 0 Å². The third-order valence-electron chi connectivity index (χ3n) is 6.32. The first-order valence-corrected chi connectivity index (χ1v) is 13.3. The van der Waals surface area contributed by atoms with E-state index in [4.69, 9.17) is 23.2 Å². The molecule has 0 bridgehead atoms. The molecule has 8 heteroatoms. The van der Waals surface area contributed by atoms with Crippen LogP contribution in [0.1, 0.15) is 35.2 Å². The van der Waals surface area contributed by atoms with Crippen molar-refractivity contribution < 1.29 is 9.59 Å². The van der Waals surface area contributed by atoms with Crippen molar-refractivity contribution in [3.63, 3.8) is 0 Å². The predicted molar refractivity (Wildman–Crippen MR) is 151 cm³/mol. The number of halogens is 2. The zero-order valence-electron chi connectivity index (χ0n) is 20.6. The molecule has 1 saturated heterocycles. The number of anilines is 1. The van der Waals surface area contributed by atoms with Gasteiger partial charge in [0.05, 0.1) is 11.3 Å². The molecule has 0 saturated carbocycles. The summed E-state index contributed by atoms with van der Waals surface area (Å²) in [5.41, 5.74) is 4.25. The molecule has 1 N–H and O–H groups in total. The molecule has 188 valence electrons. The van der Waals surface area contributed by atoms with E-state index in [9.17, 15) is 14.9 Å². The lowest BCUT2D eigenvalue weighted by molar-refractivity contribution is -0.117. The van der Waals surface area contributed by atoms with Gasteiger partial charge >= 0.3 is 0 Å². The lowest BCUT2D eigenvalue weighted by atomic mass is 10.1. The SMILES string of the molecule is Cc1ccc(N2C(=O)C(Cc3ccc(Cl)cc3Cl)S/C2=C(/C#N)C(=O)NC(C)c2ccccc2)cc1C. The minimum absolute atomic E-state index is 0.107. The van der Waals surface area contributed by atoms with Gasteiger partial charge in [0.1, 0.15) is 16.7 Å². The fourth-order valence-corrected chi connectivity index (χ4v) is 5.85. The topological polar surface area (TPSA) is 73.2 Å². The van der Waals surface area contributed by atoms with Crippen molar-refractivity contribution in [1.29, 1.82) is 5.26 Å². The monoisotopic (exact) mass is 549 g/mol. The van der Waals surface area contributed by atoms with E-state index in [1.807, 2.05) is 69.3 Å². The Kier molecular flexibility index (Phi) is 8.29. The zero-order chi connectivity index (χ0) is 26.7. The van der Waals surface area contributed by atoms with Crippen LogP contribution >= 0.6 is 35.0 Å². The zero-order valence-corrected chi connectivity index (χ0v) is 22.9. The molecule has 4 rings (SSSR count). The first-order chi connectivity index (χ1) is 17.7. The van der Waals surface area contributed by atoms with E-state index < -0.39 is 11.2 Å². The molecule has 0 aliphatic carbocycles. The van der Waals surface area contributed by atoms with Gasteiger partial charge < -0.3 is 5.32 Å². The van der Waals surface area contributed by atoms with E-state index in [1.165, 1.54) is 16.7 Å². The van der Waals surface area contributed by atoms with Gasteiger partial charge in [-0.2, -0.15) is 5.26 Å². The molecule has 2 amide bonds. The Morgan fingerprint density at radius 1 is 1.08 bits per heavy atom. The third kappa shape index (κ3) is 5.86. The number of thioether (sulfide) groups is 1. The van der Waals surface area contributed by atoms with Crippen molar-refractivity contribution in [3.8, 4) is 6.07 Å². The fourth-order valence-electron chi connectivity index (χ4n) is 4.07. The second-order valence-corrected chi connectivity index (χ2v) is 10.9. The number of amides is 2. The Balaban J connectivity index is 1.73. The molecule has 0 aromatic heterocycles. The molecule has 2 unspecified atom stereocenters. The third-order valence-corrected chi connectivity index (χ3v) is 8.17. The summed E-state index contributed by atoms with van der Waals surface area (Å²) in [7, 11) is 0. The summed E-state index contributed by atoms with van der Waals surface area (Å²) in [6.07, 6.45) is 0.324. The second kappa shape index (κ2) is 11.4. The van der Waals surface area contributed by atoms with Gasteiger partial charge in [0.15, 0.2) is 0 Å². The Bertz CT molecular complexity index is 1430. The quantitative estimate of drug-likeness (QED) is 0.267. The minimum atomic E-state index is -0.571. The number of carbonyl (C=O) groups excluding carboxylic acids is 2. The highest BCUT2D eigenvalue weighted by Crippen LogP contribution is 2.43. The van der Waals surface area contributed by atoms with Crippen LogP contribution in [0.2, 0.25) is 10.0 Å². The van der Waals surface area contributed by atoms with Crippen molar-refractivity contribution in [2.45, 2.75) is 38.5 Å². The number of nitrogens with zero attached hydrogens (tertiary/aromatic N) is 2. The molecular weight excluding hydrogens is 525 g/mol. The first kappa shape index (κ1) is 26.8. The maximum atomic E-state index is 13.7. The molecule has 1 fully saturated rings. The number of benzene rings is 3. The molecule has 3 aromatic rings. The largest absolute Gasteiger partial charge is 0.345 e. The van der Waals surface area contributed by atoms with Crippen molar-refractivity contribution in [1.82, 2.24) is 5.32 Å². The van der Waals surface area contributed by atoms with Crippen molar-refractivity contribution in [2.24, 2.45) is 0 Å². The van der Waals surface area contributed by atoms with Gasteiger partial charge in [0.2, 0.25) is 5.91 Å². The molecular formula is C29H25Cl2N3O2S. The van der Waals surface area contributed by atoms with Crippen molar-refractivity contribution in [2.75, 3.05) is 4.90 Å². The summed E-state index contributed by atoms with van der Waals surface area (Å²) < 4.78 is 0. The summed E-state index contributed by atoms with van der Waals surface area (Å²) in [4.78, 5) is 28.6. The Labute approximate surface area is 231 Å². The summed E-state index contributed by atoms with van der Waals surface area (Å²) in [6, 6.07) is 22.0. The van der Waals surface area contributed by atoms with Gasteiger partial charge in [-0.1, -0.05) is 77.4 Å². The number of nitrogens with one attached hydrogen (secondary N) is 1. The molecule has 1 aliphatic rings. The fraction of sp³-hybridized carbons (Fsp3) is 0.207. The van der Waals surface area contributed by atoms with Gasteiger partial charge in [0.25, 0.3) is 5.91 Å². The van der Waals surface area contributed by atoms with Crippen molar-refractivity contribution >= 4 is 52.5 Å². The van der Waals surface area contributed by atoms with E-state index >= 15 is 0 Å². The lowest BCUT2D eigenvalue weighted by Gasteiger charge is -2.20. The van der Waals surface area contributed by atoms with Crippen LogP contribution < -0.4 is 10.2 Å². The molecule has 2 atom stereocenters. The molecule has 0 spiro atoms. The molecule has 1 heterocycles. The van der Waals surface area contributed by atoms with Gasteiger partial charge in [-0.15, -0.1) is 0 Å². The van der Waals surface area contributed by atoms with Crippen LogP contribution in [-0.2, 0) is 16.0 Å². The number of nitriles is 1. The highest BCUT2D eigenvalue weighted by molar-refractivity contribution is 8.05. The van der Waals surface area contributed by atoms with E-state index in [2.05, 4.69) is 11.4 Å². The summed E-state index contributed by atoms with van der Waals surface area (Å²) in [5.74, 6) is -0.751. The van der Waals surface area contributed by atoms with E-state index in [1.54, 1.807) is 18.2 Å². The average Bonchev–Trinajstić information content (AvgIpc) is 3.18. The summed E-state index contributed by atoms with van der Waals surface area (Å²) >= 11 is 13.6. The molecule has 5 nitrogen and oxygen atoms in total. The molecule has 1 aliphatic heterocycles. The van der Waals surface area contributed by atoms with E-state index in [-0.39, 0.29) is 17.5 Å². The van der Waals surface area contributed by atoms with Crippen LogP contribution in [-0.4, -0.2) is 17.1 Å². The Morgan fingerprint density at radius 3 is 2.46 bits per heavy atom. The Hall–Kier alpha value is -3.24. The van der Waals surface area contributed by atoms with Crippen LogP contribution in [0.4, 0.5) is 5.69 Å². The second-order valence-electron chi connectivity index (χ2n) is 8.89. The summed E-state index contributed by atoms with van der Waals surface area (Å²) in [6.45, 7) is 5.80. The van der Waals surface area contributed by atoms with Crippen molar-refractivity contribution in [3.05, 3.63) is 110 Å². The number of hydrogen-bond acceptors (Lipinski definition) is 4. The normalized spacial score (nSPS) is 17.4. The number of carbonyl (C=O) groups is 2. The number of rotatable bonds is 6. The van der Waals surface area contributed by atoms with Crippen LogP contribution in [0.25, 0.3) is 0 Å². The van der Waals surface area contributed by atoms with E-state index in [0.717, 1.165) is 22.3 Å². The average molecular weight is 551 g/mol. The van der Waals surface area contributed by atoms with Crippen LogP contribution in [0, 0.1) is 25.2 Å². The summed E-state index contributed by atoms with van der Waals surface area (Å²) in [5, 5.41) is 13.7. The highest BCUT2D eigenvalue weighted by atomic mass is 35.5.